The molecule has 2 rings (SSSR count). The van der Waals surface area contributed by atoms with E-state index in [9.17, 15) is 0 Å². The molecular formula is C14H15IN2. The molecule has 88 valence electrons. The molecule has 17 heavy (non-hydrogen) atoms. The zero-order valence-corrected chi connectivity index (χ0v) is 11.6. The third-order valence-electron chi connectivity index (χ3n) is 2.44. The molecule has 0 spiro atoms. The van der Waals surface area contributed by atoms with Crippen molar-refractivity contribution in [1.82, 2.24) is 10.9 Å². The molecule has 0 aromatic heterocycles. The summed E-state index contributed by atoms with van der Waals surface area (Å²) in [6.45, 7) is 1.68. The second kappa shape index (κ2) is 6.74. The van der Waals surface area contributed by atoms with Crippen LogP contribution in [0.15, 0.2) is 54.6 Å². The molecule has 0 unspecified atom stereocenters. The van der Waals surface area contributed by atoms with Gasteiger partial charge in [0.25, 0.3) is 0 Å². The Balaban J connectivity index is 1.73. The van der Waals surface area contributed by atoms with Crippen LogP contribution in [0.5, 0.6) is 0 Å². The maximum absolute atomic E-state index is 3.22. The molecule has 0 aliphatic rings. The fraction of sp³-hybridized carbons (Fsp3) is 0.143. The molecule has 0 radical (unpaired) electrons. The SMILES string of the molecule is Ic1cccc(CNNCc2ccccc2)c1. The van der Waals surface area contributed by atoms with Gasteiger partial charge in [-0.15, -0.1) is 0 Å². The molecule has 0 amide bonds. The monoisotopic (exact) mass is 338 g/mol. The average Bonchev–Trinajstić information content (AvgIpc) is 2.36. The average molecular weight is 338 g/mol. The topological polar surface area (TPSA) is 24.1 Å². The fourth-order valence-corrected chi connectivity index (χ4v) is 2.18. The first-order chi connectivity index (χ1) is 8.34. The van der Waals surface area contributed by atoms with E-state index in [2.05, 4.69) is 82.0 Å². The van der Waals surface area contributed by atoms with Gasteiger partial charge < -0.3 is 0 Å². The van der Waals surface area contributed by atoms with Gasteiger partial charge in [-0.1, -0.05) is 42.5 Å². The molecule has 0 heterocycles. The van der Waals surface area contributed by atoms with E-state index in [0.29, 0.717) is 0 Å². The van der Waals surface area contributed by atoms with Crippen LogP contribution in [0, 0.1) is 3.57 Å². The molecule has 2 aromatic rings. The summed E-state index contributed by atoms with van der Waals surface area (Å²) in [5, 5.41) is 0. The van der Waals surface area contributed by atoms with Crippen LogP contribution in [0.4, 0.5) is 0 Å². The zero-order valence-electron chi connectivity index (χ0n) is 9.49. The van der Waals surface area contributed by atoms with E-state index in [-0.39, 0.29) is 0 Å². The van der Waals surface area contributed by atoms with E-state index >= 15 is 0 Å². The third-order valence-corrected chi connectivity index (χ3v) is 3.11. The van der Waals surface area contributed by atoms with Crippen molar-refractivity contribution in [3.63, 3.8) is 0 Å². The summed E-state index contributed by atoms with van der Waals surface area (Å²) in [5.74, 6) is 0. The molecule has 3 heteroatoms. The lowest BCUT2D eigenvalue weighted by atomic mass is 10.2. The van der Waals surface area contributed by atoms with Crippen LogP contribution in [-0.4, -0.2) is 0 Å². The van der Waals surface area contributed by atoms with E-state index < -0.39 is 0 Å². The van der Waals surface area contributed by atoms with Gasteiger partial charge in [-0.2, -0.15) is 0 Å². The van der Waals surface area contributed by atoms with Crippen molar-refractivity contribution in [2.75, 3.05) is 0 Å². The Hall–Kier alpha value is -0.910. The Bertz CT molecular complexity index is 457. The van der Waals surface area contributed by atoms with E-state index in [1.165, 1.54) is 14.7 Å². The molecule has 0 atom stereocenters. The normalized spacial score (nSPS) is 10.4. The fourth-order valence-electron chi connectivity index (χ4n) is 1.57. The molecule has 0 saturated carbocycles. The van der Waals surface area contributed by atoms with Gasteiger partial charge in [0.2, 0.25) is 0 Å². The minimum Gasteiger partial charge on any atom is -0.253 e. The Labute approximate surface area is 116 Å². The van der Waals surface area contributed by atoms with E-state index in [1.54, 1.807) is 0 Å². The van der Waals surface area contributed by atoms with Crippen LogP contribution >= 0.6 is 22.6 Å². The highest BCUT2D eigenvalue weighted by Crippen LogP contribution is 2.07. The third kappa shape index (κ3) is 4.46. The highest BCUT2D eigenvalue weighted by molar-refractivity contribution is 14.1. The molecule has 2 aromatic carbocycles. The lowest BCUT2D eigenvalue weighted by Gasteiger charge is -2.07. The van der Waals surface area contributed by atoms with E-state index in [4.69, 9.17) is 0 Å². The number of hydrazine groups is 1. The van der Waals surface area contributed by atoms with Gasteiger partial charge in [0.05, 0.1) is 0 Å². The summed E-state index contributed by atoms with van der Waals surface area (Å²) in [6.07, 6.45) is 0. The summed E-state index contributed by atoms with van der Waals surface area (Å²) in [7, 11) is 0. The first-order valence-corrected chi connectivity index (χ1v) is 6.66. The number of hydrogen-bond donors (Lipinski definition) is 2. The van der Waals surface area contributed by atoms with E-state index in [1.807, 2.05) is 6.07 Å². The molecule has 0 fully saturated rings. The Morgan fingerprint density at radius 2 is 1.41 bits per heavy atom. The van der Waals surface area contributed by atoms with Crippen molar-refractivity contribution in [2.45, 2.75) is 13.1 Å². The standard InChI is InChI=1S/C14H15IN2/c15-14-8-4-7-13(9-14)11-17-16-10-12-5-2-1-3-6-12/h1-9,16-17H,10-11H2. The smallest absolute Gasteiger partial charge is 0.0351 e. The van der Waals surface area contributed by atoms with Crippen LogP contribution in [0.1, 0.15) is 11.1 Å². The maximum atomic E-state index is 3.22. The zero-order chi connectivity index (χ0) is 11.9. The number of hydrogen-bond acceptors (Lipinski definition) is 2. The minimum absolute atomic E-state index is 0.837. The molecular weight excluding hydrogens is 323 g/mol. The molecule has 0 aliphatic carbocycles. The minimum atomic E-state index is 0.837. The number of rotatable bonds is 5. The van der Waals surface area contributed by atoms with Crippen molar-refractivity contribution < 1.29 is 0 Å². The van der Waals surface area contributed by atoms with Crippen molar-refractivity contribution in [3.8, 4) is 0 Å². The van der Waals surface area contributed by atoms with Crippen LogP contribution in [0.3, 0.4) is 0 Å². The molecule has 2 nitrogen and oxygen atoms in total. The van der Waals surface area contributed by atoms with Gasteiger partial charge in [-0.05, 0) is 45.9 Å². The van der Waals surface area contributed by atoms with Crippen molar-refractivity contribution in [1.29, 1.82) is 0 Å². The lowest BCUT2D eigenvalue weighted by molar-refractivity contribution is 0.529. The summed E-state index contributed by atoms with van der Waals surface area (Å²) >= 11 is 2.33. The van der Waals surface area contributed by atoms with Gasteiger partial charge >= 0.3 is 0 Å². The maximum Gasteiger partial charge on any atom is 0.0351 e. The highest BCUT2D eigenvalue weighted by atomic mass is 127. The first kappa shape index (κ1) is 12.5. The molecule has 2 N–H and O–H groups in total. The Kier molecular flexibility index (Phi) is 4.97. The summed E-state index contributed by atoms with van der Waals surface area (Å²) < 4.78 is 1.27. The first-order valence-electron chi connectivity index (χ1n) is 5.59. The van der Waals surface area contributed by atoms with Gasteiger partial charge in [0, 0.05) is 16.7 Å². The quantitative estimate of drug-likeness (QED) is 0.497. The number of nitrogens with one attached hydrogen (secondary N) is 2. The summed E-state index contributed by atoms with van der Waals surface area (Å²) in [5.41, 5.74) is 9.01. The van der Waals surface area contributed by atoms with Gasteiger partial charge in [-0.25, -0.2) is 0 Å². The predicted octanol–water partition coefficient (Wildman–Crippen LogP) is 3.09. The van der Waals surface area contributed by atoms with E-state index in [0.717, 1.165) is 13.1 Å². The number of halogens is 1. The van der Waals surface area contributed by atoms with Gasteiger partial charge in [-0.3, -0.25) is 10.9 Å². The Morgan fingerprint density at radius 3 is 2.12 bits per heavy atom. The lowest BCUT2D eigenvalue weighted by Crippen LogP contribution is -2.30. The van der Waals surface area contributed by atoms with Gasteiger partial charge in [0.15, 0.2) is 0 Å². The van der Waals surface area contributed by atoms with Crippen LogP contribution in [0.2, 0.25) is 0 Å². The Morgan fingerprint density at radius 1 is 0.765 bits per heavy atom. The summed E-state index contributed by atoms with van der Waals surface area (Å²) in [4.78, 5) is 0. The van der Waals surface area contributed by atoms with Crippen LogP contribution < -0.4 is 10.9 Å². The molecule has 0 bridgehead atoms. The predicted molar refractivity (Wildman–Crippen MR) is 79.3 cm³/mol. The van der Waals surface area contributed by atoms with Crippen molar-refractivity contribution in [2.24, 2.45) is 0 Å². The van der Waals surface area contributed by atoms with Gasteiger partial charge in [0.1, 0.15) is 0 Å². The molecule has 0 saturated heterocycles. The largest absolute Gasteiger partial charge is 0.253 e. The summed E-state index contributed by atoms with van der Waals surface area (Å²) in [6, 6.07) is 18.8. The second-order valence-corrected chi connectivity index (χ2v) is 5.07. The second-order valence-electron chi connectivity index (χ2n) is 3.82. The van der Waals surface area contributed by atoms with Crippen LogP contribution in [-0.2, 0) is 13.1 Å². The highest BCUT2D eigenvalue weighted by Gasteiger charge is 1.93. The van der Waals surface area contributed by atoms with Crippen LogP contribution in [0.25, 0.3) is 0 Å². The van der Waals surface area contributed by atoms with Crippen molar-refractivity contribution >= 4 is 22.6 Å². The number of benzene rings is 2. The molecule has 0 aliphatic heterocycles. The van der Waals surface area contributed by atoms with Crippen molar-refractivity contribution in [3.05, 3.63) is 69.3 Å².